The van der Waals surface area contributed by atoms with Gasteiger partial charge in [-0.05, 0) is 25.2 Å². The number of piperidine rings is 2. The molecule has 2 saturated heterocycles. The van der Waals surface area contributed by atoms with Crippen LogP contribution in [0.2, 0.25) is 0 Å². The van der Waals surface area contributed by atoms with Crippen LogP contribution in [0.15, 0.2) is 5.16 Å². The van der Waals surface area contributed by atoms with Gasteiger partial charge >= 0.3 is 6.03 Å². The molecule has 2 rings (SSSR count). The zero-order valence-electron chi connectivity index (χ0n) is 12.0. The highest BCUT2D eigenvalue weighted by molar-refractivity contribution is 5.89. The lowest BCUT2D eigenvalue weighted by molar-refractivity contribution is 0.128. The summed E-state index contributed by atoms with van der Waals surface area (Å²) in [4.78, 5) is 16.4. The summed E-state index contributed by atoms with van der Waals surface area (Å²) >= 11 is 0. The summed E-state index contributed by atoms with van der Waals surface area (Å²) in [7, 11) is 0. The van der Waals surface area contributed by atoms with Crippen LogP contribution in [-0.4, -0.2) is 52.9 Å². The molecular formula is C14H25N3O2. The zero-order valence-corrected chi connectivity index (χ0v) is 12.0. The van der Waals surface area contributed by atoms with Crippen molar-refractivity contribution in [3.8, 4) is 0 Å². The fourth-order valence-electron chi connectivity index (χ4n) is 2.99. The molecule has 2 fully saturated rings. The third-order valence-corrected chi connectivity index (χ3v) is 4.50. The Balaban J connectivity index is 1.93. The first-order chi connectivity index (χ1) is 9.15. The minimum atomic E-state index is 0.169. The number of likely N-dealkylation sites (tertiary alicyclic amines) is 2. The van der Waals surface area contributed by atoms with Gasteiger partial charge in [0.1, 0.15) is 0 Å². The smallest absolute Gasteiger partial charge is 0.320 e. The van der Waals surface area contributed by atoms with Gasteiger partial charge in [0.15, 0.2) is 0 Å². The van der Waals surface area contributed by atoms with Crippen LogP contribution in [0.5, 0.6) is 0 Å². The molecule has 108 valence electrons. The minimum absolute atomic E-state index is 0.169. The highest BCUT2D eigenvalue weighted by atomic mass is 16.4. The largest absolute Gasteiger partial charge is 0.411 e. The SMILES string of the molecule is CCC1CN(C(=O)N2CCC(C)CC2)CCC1=NO. The van der Waals surface area contributed by atoms with Crippen LogP contribution in [0.3, 0.4) is 0 Å². The second-order valence-electron chi connectivity index (χ2n) is 5.84. The number of hydrogen-bond donors (Lipinski definition) is 1. The molecule has 0 spiro atoms. The minimum Gasteiger partial charge on any atom is -0.411 e. The van der Waals surface area contributed by atoms with Crippen molar-refractivity contribution >= 4 is 11.7 Å². The second kappa shape index (κ2) is 6.26. The number of nitrogens with zero attached hydrogens (tertiary/aromatic N) is 3. The molecule has 0 aliphatic carbocycles. The van der Waals surface area contributed by atoms with Crippen LogP contribution in [0.4, 0.5) is 4.79 Å². The molecule has 1 N–H and O–H groups in total. The molecule has 0 aromatic heterocycles. The molecule has 0 bridgehead atoms. The number of rotatable bonds is 1. The highest BCUT2D eigenvalue weighted by Gasteiger charge is 2.31. The summed E-state index contributed by atoms with van der Waals surface area (Å²) in [6.45, 7) is 7.47. The molecule has 0 aromatic rings. The third-order valence-electron chi connectivity index (χ3n) is 4.50. The molecule has 2 aliphatic heterocycles. The van der Waals surface area contributed by atoms with Crippen LogP contribution in [-0.2, 0) is 0 Å². The van der Waals surface area contributed by atoms with E-state index >= 15 is 0 Å². The summed E-state index contributed by atoms with van der Waals surface area (Å²) in [5, 5.41) is 12.4. The lowest BCUT2D eigenvalue weighted by atomic mass is 9.93. The van der Waals surface area contributed by atoms with Crippen LogP contribution in [0.25, 0.3) is 0 Å². The van der Waals surface area contributed by atoms with Crippen LogP contribution in [0.1, 0.15) is 39.5 Å². The average Bonchev–Trinajstić information content (AvgIpc) is 2.46. The van der Waals surface area contributed by atoms with Crippen molar-refractivity contribution in [2.45, 2.75) is 39.5 Å². The number of carbonyl (C=O) groups is 1. The van der Waals surface area contributed by atoms with Gasteiger partial charge in [0.05, 0.1) is 5.71 Å². The van der Waals surface area contributed by atoms with Gasteiger partial charge in [-0.1, -0.05) is 19.0 Å². The Bertz CT molecular complexity index is 349. The van der Waals surface area contributed by atoms with Gasteiger partial charge in [-0.15, -0.1) is 0 Å². The van der Waals surface area contributed by atoms with E-state index < -0.39 is 0 Å². The van der Waals surface area contributed by atoms with Crippen molar-refractivity contribution in [2.75, 3.05) is 26.2 Å². The molecule has 1 atom stereocenters. The number of amides is 2. The van der Waals surface area contributed by atoms with Crippen LogP contribution in [0, 0.1) is 11.8 Å². The Morgan fingerprint density at radius 1 is 1.32 bits per heavy atom. The number of hydrogen-bond acceptors (Lipinski definition) is 3. The predicted molar refractivity (Wildman–Crippen MR) is 74.6 cm³/mol. The molecule has 1 unspecified atom stereocenters. The Morgan fingerprint density at radius 3 is 2.58 bits per heavy atom. The van der Waals surface area contributed by atoms with Crippen molar-refractivity contribution in [2.24, 2.45) is 17.0 Å². The van der Waals surface area contributed by atoms with Gasteiger partial charge < -0.3 is 15.0 Å². The number of carbonyl (C=O) groups excluding carboxylic acids is 1. The van der Waals surface area contributed by atoms with E-state index in [2.05, 4.69) is 19.0 Å². The quantitative estimate of drug-likeness (QED) is 0.586. The van der Waals surface area contributed by atoms with Crippen molar-refractivity contribution in [1.29, 1.82) is 0 Å². The molecule has 2 heterocycles. The van der Waals surface area contributed by atoms with Gasteiger partial charge in [0.2, 0.25) is 0 Å². The Morgan fingerprint density at radius 2 is 2.00 bits per heavy atom. The third kappa shape index (κ3) is 3.19. The molecule has 0 radical (unpaired) electrons. The standard InChI is InChI=1S/C14H25N3O2/c1-3-12-10-17(9-6-13(12)15-19)14(18)16-7-4-11(2)5-8-16/h11-12,19H,3-10H2,1-2H3. The summed E-state index contributed by atoms with van der Waals surface area (Å²) < 4.78 is 0. The van der Waals surface area contributed by atoms with Crippen molar-refractivity contribution in [1.82, 2.24) is 9.80 Å². The van der Waals surface area contributed by atoms with E-state index in [9.17, 15) is 4.79 Å². The summed E-state index contributed by atoms with van der Waals surface area (Å²) in [5.74, 6) is 0.952. The molecule has 0 aromatic carbocycles. The lowest BCUT2D eigenvalue weighted by Crippen LogP contribution is -2.51. The topological polar surface area (TPSA) is 56.1 Å². The van der Waals surface area contributed by atoms with Gasteiger partial charge in [0.25, 0.3) is 0 Å². The maximum absolute atomic E-state index is 12.5. The average molecular weight is 267 g/mol. The van der Waals surface area contributed by atoms with Crippen LogP contribution < -0.4 is 0 Å². The van der Waals surface area contributed by atoms with E-state index in [1.54, 1.807) is 0 Å². The normalized spacial score (nSPS) is 27.9. The summed E-state index contributed by atoms with van der Waals surface area (Å²) in [6, 6.07) is 0.169. The fraction of sp³-hybridized carbons (Fsp3) is 0.857. The van der Waals surface area contributed by atoms with E-state index in [0.717, 1.165) is 44.0 Å². The molecule has 5 nitrogen and oxygen atoms in total. The maximum atomic E-state index is 12.5. The van der Waals surface area contributed by atoms with Gasteiger partial charge in [-0.3, -0.25) is 0 Å². The summed E-state index contributed by atoms with van der Waals surface area (Å²) in [5.41, 5.74) is 0.846. The maximum Gasteiger partial charge on any atom is 0.320 e. The van der Waals surface area contributed by atoms with Gasteiger partial charge in [-0.25, -0.2) is 4.79 Å². The number of oxime groups is 1. The van der Waals surface area contributed by atoms with E-state index in [4.69, 9.17) is 5.21 Å². The van der Waals surface area contributed by atoms with Crippen molar-refractivity contribution in [3.05, 3.63) is 0 Å². The van der Waals surface area contributed by atoms with Gasteiger partial charge in [-0.2, -0.15) is 0 Å². The predicted octanol–water partition coefficient (Wildman–Crippen LogP) is 2.40. The molecule has 5 heteroatoms. The number of urea groups is 1. The molecule has 0 saturated carbocycles. The zero-order chi connectivity index (χ0) is 13.8. The fourth-order valence-corrected chi connectivity index (χ4v) is 2.99. The Kier molecular flexibility index (Phi) is 4.66. The van der Waals surface area contributed by atoms with Crippen LogP contribution >= 0.6 is 0 Å². The first-order valence-electron chi connectivity index (χ1n) is 7.40. The first kappa shape index (κ1) is 14.2. The summed E-state index contributed by atoms with van der Waals surface area (Å²) in [6.07, 6.45) is 3.84. The lowest BCUT2D eigenvalue weighted by Gasteiger charge is -2.38. The van der Waals surface area contributed by atoms with Gasteiger partial charge in [0, 0.05) is 38.5 Å². The molecular weight excluding hydrogens is 242 g/mol. The molecule has 19 heavy (non-hydrogen) atoms. The molecule has 2 amide bonds. The van der Waals surface area contributed by atoms with E-state index in [1.807, 2.05) is 9.80 Å². The van der Waals surface area contributed by atoms with E-state index in [0.29, 0.717) is 19.5 Å². The van der Waals surface area contributed by atoms with Crippen molar-refractivity contribution in [3.63, 3.8) is 0 Å². The Labute approximate surface area is 115 Å². The van der Waals surface area contributed by atoms with E-state index in [-0.39, 0.29) is 11.9 Å². The second-order valence-corrected chi connectivity index (χ2v) is 5.84. The van der Waals surface area contributed by atoms with E-state index in [1.165, 1.54) is 0 Å². The highest BCUT2D eigenvalue weighted by Crippen LogP contribution is 2.21. The Hall–Kier alpha value is -1.26. The first-order valence-corrected chi connectivity index (χ1v) is 7.40. The monoisotopic (exact) mass is 267 g/mol. The van der Waals surface area contributed by atoms with Crippen molar-refractivity contribution < 1.29 is 10.0 Å². The molecule has 2 aliphatic rings.